The first-order chi connectivity index (χ1) is 12.8. The van der Waals surface area contributed by atoms with Crippen LogP contribution >= 0.6 is 0 Å². The Labute approximate surface area is 158 Å². The van der Waals surface area contributed by atoms with Crippen molar-refractivity contribution < 1.29 is 28.6 Å². The Balaban J connectivity index is 2.23. The summed E-state index contributed by atoms with van der Waals surface area (Å²) in [5, 5.41) is 8.79. The van der Waals surface area contributed by atoms with Crippen molar-refractivity contribution in [2.75, 3.05) is 26.9 Å². The normalized spacial score (nSPS) is 10.7. The van der Waals surface area contributed by atoms with E-state index in [1.807, 2.05) is 19.1 Å². The van der Waals surface area contributed by atoms with Crippen molar-refractivity contribution in [2.24, 2.45) is 0 Å². The highest BCUT2D eigenvalue weighted by Crippen LogP contribution is 2.26. The zero-order valence-electron chi connectivity index (χ0n) is 16.1. The van der Waals surface area contributed by atoms with E-state index in [2.05, 4.69) is 0 Å². The second kappa shape index (κ2) is 9.23. The van der Waals surface area contributed by atoms with Crippen LogP contribution in [-0.2, 0) is 16.1 Å². The molecule has 0 aliphatic rings. The Bertz CT molecular complexity index is 788. The lowest BCUT2D eigenvalue weighted by Gasteiger charge is -2.22. The Kier molecular flexibility index (Phi) is 7.01. The molecule has 0 aliphatic heterocycles. The number of ether oxygens (including phenoxy) is 2. The molecule has 0 radical (unpaired) electrons. The number of methoxy groups -OCH3 is 1. The highest BCUT2D eigenvalue weighted by atomic mass is 16.5. The SMILES string of the molecule is COCCN(Cc1ccc(C)o1)C(=O)c1cc(C)c(OCC(=O)O)c(C)c1. The van der Waals surface area contributed by atoms with E-state index in [1.54, 1.807) is 38.0 Å². The van der Waals surface area contributed by atoms with Crippen molar-refractivity contribution in [3.05, 3.63) is 52.5 Å². The Morgan fingerprint density at radius 2 is 1.81 bits per heavy atom. The summed E-state index contributed by atoms with van der Waals surface area (Å²) in [5.41, 5.74) is 1.92. The van der Waals surface area contributed by atoms with Gasteiger partial charge < -0.3 is 23.9 Å². The molecule has 0 unspecified atom stereocenters. The van der Waals surface area contributed by atoms with E-state index in [0.29, 0.717) is 47.9 Å². The molecule has 7 heteroatoms. The summed E-state index contributed by atoms with van der Waals surface area (Å²) in [4.78, 5) is 25.4. The van der Waals surface area contributed by atoms with Crippen LogP contribution in [0.4, 0.5) is 0 Å². The number of hydrogen-bond donors (Lipinski definition) is 1. The second-order valence-electron chi connectivity index (χ2n) is 6.35. The van der Waals surface area contributed by atoms with Crippen molar-refractivity contribution >= 4 is 11.9 Å². The first-order valence-electron chi connectivity index (χ1n) is 8.61. The summed E-state index contributed by atoms with van der Waals surface area (Å²) in [6.45, 7) is 6.17. The molecule has 0 bridgehead atoms. The van der Waals surface area contributed by atoms with Gasteiger partial charge in [0, 0.05) is 19.2 Å². The molecule has 0 aliphatic carbocycles. The van der Waals surface area contributed by atoms with Crippen LogP contribution in [0.2, 0.25) is 0 Å². The van der Waals surface area contributed by atoms with E-state index < -0.39 is 12.6 Å². The van der Waals surface area contributed by atoms with E-state index in [-0.39, 0.29) is 5.91 Å². The van der Waals surface area contributed by atoms with Gasteiger partial charge in [-0.2, -0.15) is 0 Å². The minimum absolute atomic E-state index is 0.155. The van der Waals surface area contributed by atoms with Gasteiger partial charge in [0.25, 0.3) is 5.91 Å². The predicted octanol–water partition coefficient (Wildman–Crippen LogP) is 2.96. The number of aryl methyl sites for hydroxylation is 3. The van der Waals surface area contributed by atoms with Gasteiger partial charge in [0.15, 0.2) is 6.61 Å². The van der Waals surface area contributed by atoms with Crippen molar-refractivity contribution in [2.45, 2.75) is 27.3 Å². The molecule has 1 N–H and O–H groups in total. The molecule has 146 valence electrons. The van der Waals surface area contributed by atoms with Gasteiger partial charge in [-0.25, -0.2) is 4.79 Å². The van der Waals surface area contributed by atoms with Gasteiger partial charge in [0.1, 0.15) is 17.3 Å². The van der Waals surface area contributed by atoms with E-state index in [9.17, 15) is 9.59 Å². The summed E-state index contributed by atoms with van der Waals surface area (Å²) in [6, 6.07) is 7.12. The number of rotatable bonds is 9. The Morgan fingerprint density at radius 3 is 2.33 bits per heavy atom. The maximum absolute atomic E-state index is 13.0. The Morgan fingerprint density at radius 1 is 1.15 bits per heavy atom. The summed E-state index contributed by atoms with van der Waals surface area (Å²) >= 11 is 0. The van der Waals surface area contributed by atoms with E-state index in [0.717, 1.165) is 5.76 Å². The Hall–Kier alpha value is -2.80. The quantitative estimate of drug-likeness (QED) is 0.725. The van der Waals surface area contributed by atoms with Gasteiger partial charge in [0.05, 0.1) is 13.2 Å². The number of hydrogen-bond acceptors (Lipinski definition) is 5. The van der Waals surface area contributed by atoms with E-state index in [1.165, 1.54) is 0 Å². The zero-order chi connectivity index (χ0) is 20.0. The molecule has 0 fully saturated rings. The van der Waals surface area contributed by atoms with Crippen molar-refractivity contribution in [3.63, 3.8) is 0 Å². The van der Waals surface area contributed by atoms with Crippen molar-refractivity contribution in [3.8, 4) is 5.75 Å². The summed E-state index contributed by atoms with van der Waals surface area (Å²) in [5.74, 6) is 0.771. The third kappa shape index (κ3) is 5.59. The number of carbonyl (C=O) groups excluding carboxylic acids is 1. The lowest BCUT2D eigenvalue weighted by atomic mass is 10.0. The van der Waals surface area contributed by atoms with Gasteiger partial charge in [-0.05, 0) is 56.2 Å². The van der Waals surface area contributed by atoms with Gasteiger partial charge >= 0.3 is 5.97 Å². The van der Waals surface area contributed by atoms with Gasteiger partial charge in [-0.3, -0.25) is 4.79 Å². The highest BCUT2D eigenvalue weighted by Gasteiger charge is 2.20. The zero-order valence-corrected chi connectivity index (χ0v) is 16.1. The largest absolute Gasteiger partial charge is 0.481 e. The molecule has 2 rings (SSSR count). The van der Waals surface area contributed by atoms with Crippen LogP contribution in [0.15, 0.2) is 28.7 Å². The third-order valence-electron chi connectivity index (χ3n) is 4.04. The smallest absolute Gasteiger partial charge is 0.341 e. The van der Waals surface area contributed by atoms with Crippen molar-refractivity contribution in [1.82, 2.24) is 4.90 Å². The molecule has 0 saturated heterocycles. The molecule has 2 aromatic rings. The topological polar surface area (TPSA) is 89.2 Å². The van der Waals surface area contributed by atoms with Crippen LogP contribution in [0.5, 0.6) is 5.75 Å². The molecule has 1 aromatic heterocycles. The number of aliphatic carboxylic acids is 1. The molecule has 0 atom stereocenters. The summed E-state index contributed by atoms with van der Waals surface area (Å²) in [7, 11) is 1.59. The number of nitrogens with zero attached hydrogens (tertiary/aromatic N) is 1. The number of carboxylic acids is 1. The standard InChI is InChI=1S/C20H25NO6/c1-13-9-16(10-14(2)19(13)26-12-18(22)23)20(24)21(7-8-25-4)11-17-6-5-15(3)27-17/h5-6,9-10H,7-8,11-12H2,1-4H3,(H,22,23). The molecule has 1 aromatic carbocycles. The number of benzene rings is 1. The molecule has 27 heavy (non-hydrogen) atoms. The van der Waals surface area contributed by atoms with Gasteiger partial charge in [0.2, 0.25) is 0 Å². The number of amides is 1. The van der Waals surface area contributed by atoms with Crippen LogP contribution in [0, 0.1) is 20.8 Å². The van der Waals surface area contributed by atoms with E-state index >= 15 is 0 Å². The fraction of sp³-hybridized carbons (Fsp3) is 0.400. The maximum Gasteiger partial charge on any atom is 0.341 e. The highest BCUT2D eigenvalue weighted by molar-refractivity contribution is 5.95. The third-order valence-corrected chi connectivity index (χ3v) is 4.04. The average Bonchev–Trinajstić information content (AvgIpc) is 3.01. The first-order valence-corrected chi connectivity index (χ1v) is 8.61. The fourth-order valence-corrected chi connectivity index (χ4v) is 2.83. The van der Waals surface area contributed by atoms with Gasteiger partial charge in [-0.15, -0.1) is 0 Å². The minimum atomic E-state index is -1.05. The lowest BCUT2D eigenvalue weighted by Crippen LogP contribution is -2.33. The van der Waals surface area contributed by atoms with Crippen LogP contribution in [0.25, 0.3) is 0 Å². The van der Waals surface area contributed by atoms with Crippen LogP contribution in [-0.4, -0.2) is 48.8 Å². The molecular weight excluding hydrogens is 350 g/mol. The van der Waals surface area contributed by atoms with Gasteiger partial charge in [-0.1, -0.05) is 0 Å². The molecule has 1 amide bonds. The molecular formula is C20H25NO6. The fourth-order valence-electron chi connectivity index (χ4n) is 2.83. The number of carbonyl (C=O) groups is 2. The summed E-state index contributed by atoms with van der Waals surface area (Å²) in [6.07, 6.45) is 0. The molecule has 0 spiro atoms. The predicted molar refractivity (Wildman–Crippen MR) is 99.1 cm³/mol. The molecule has 1 heterocycles. The van der Waals surface area contributed by atoms with E-state index in [4.69, 9.17) is 19.0 Å². The number of furan rings is 1. The van der Waals surface area contributed by atoms with Crippen LogP contribution in [0.3, 0.4) is 0 Å². The molecule has 7 nitrogen and oxygen atoms in total. The van der Waals surface area contributed by atoms with Crippen LogP contribution < -0.4 is 4.74 Å². The first kappa shape index (κ1) is 20.5. The average molecular weight is 375 g/mol. The van der Waals surface area contributed by atoms with Crippen molar-refractivity contribution in [1.29, 1.82) is 0 Å². The lowest BCUT2D eigenvalue weighted by molar-refractivity contribution is -0.139. The summed E-state index contributed by atoms with van der Waals surface area (Å²) < 4.78 is 16.0. The van der Waals surface area contributed by atoms with Crippen LogP contribution in [0.1, 0.15) is 33.0 Å². The number of carboxylic acid groups (broad SMARTS) is 1. The second-order valence-corrected chi connectivity index (χ2v) is 6.35. The molecule has 0 saturated carbocycles. The maximum atomic E-state index is 13.0. The minimum Gasteiger partial charge on any atom is -0.481 e. The monoisotopic (exact) mass is 375 g/mol.